The maximum atomic E-state index is 11.7. The molecule has 0 radical (unpaired) electrons. The average Bonchev–Trinajstić information content (AvgIpc) is 2.79. The molecule has 0 aliphatic heterocycles. The molecule has 1 amide bonds. The van der Waals surface area contributed by atoms with Gasteiger partial charge in [-0.3, -0.25) is 10.1 Å². The van der Waals surface area contributed by atoms with Crippen molar-refractivity contribution in [2.75, 3.05) is 11.9 Å². The zero-order valence-corrected chi connectivity index (χ0v) is 9.08. The van der Waals surface area contributed by atoms with Crippen LogP contribution in [0, 0.1) is 0 Å². The summed E-state index contributed by atoms with van der Waals surface area (Å²) in [6.45, 7) is 1.13. The summed E-state index contributed by atoms with van der Waals surface area (Å²) in [6, 6.07) is 1.67. The Kier molecular flexibility index (Phi) is 3.41. The molecule has 0 saturated heterocycles. The first-order valence-electron chi connectivity index (χ1n) is 5.10. The minimum Gasteiger partial charge on any atom is -0.335 e. The molecule has 2 aromatic heterocycles. The van der Waals surface area contributed by atoms with Crippen molar-refractivity contribution in [2.45, 2.75) is 6.54 Å². The summed E-state index contributed by atoms with van der Waals surface area (Å²) in [6.07, 6.45) is 6.30. The van der Waals surface area contributed by atoms with Crippen molar-refractivity contribution in [1.82, 2.24) is 19.5 Å². The number of anilines is 1. The van der Waals surface area contributed by atoms with Crippen LogP contribution in [0.5, 0.6) is 0 Å². The van der Waals surface area contributed by atoms with Crippen LogP contribution in [-0.4, -0.2) is 32.0 Å². The zero-order chi connectivity index (χ0) is 12.1. The van der Waals surface area contributed by atoms with Crippen LogP contribution in [0.3, 0.4) is 0 Å². The van der Waals surface area contributed by atoms with Gasteiger partial charge in [-0.2, -0.15) is 0 Å². The van der Waals surface area contributed by atoms with E-state index in [2.05, 4.69) is 20.3 Å². The van der Waals surface area contributed by atoms with Crippen molar-refractivity contribution in [3.05, 3.63) is 36.7 Å². The van der Waals surface area contributed by atoms with Crippen LogP contribution in [-0.2, 0) is 6.54 Å². The molecule has 88 valence electrons. The third-order valence-corrected chi connectivity index (χ3v) is 2.04. The van der Waals surface area contributed by atoms with Gasteiger partial charge in [-0.1, -0.05) is 0 Å². The fraction of sp³-hybridized carbons (Fsp3) is 0.200. The van der Waals surface area contributed by atoms with E-state index in [-0.39, 0.29) is 11.9 Å². The van der Waals surface area contributed by atoms with Gasteiger partial charge in [0.05, 0.1) is 6.33 Å². The lowest BCUT2D eigenvalue weighted by molar-refractivity contribution is 0.102. The van der Waals surface area contributed by atoms with E-state index in [1.54, 1.807) is 35.6 Å². The molecule has 0 aliphatic carbocycles. The van der Waals surface area contributed by atoms with E-state index in [1.807, 2.05) is 0 Å². The Morgan fingerprint density at radius 2 is 2.12 bits per heavy atom. The number of nitrogens with two attached hydrogens (primary N) is 1. The van der Waals surface area contributed by atoms with Gasteiger partial charge in [0.2, 0.25) is 5.95 Å². The Labute approximate surface area is 97.7 Å². The quantitative estimate of drug-likeness (QED) is 0.766. The number of aromatic nitrogens is 4. The highest BCUT2D eigenvalue weighted by Gasteiger charge is 2.10. The normalized spacial score (nSPS) is 10.2. The first kappa shape index (κ1) is 11.2. The first-order chi connectivity index (χ1) is 8.29. The lowest BCUT2D eigenvalue weighted by Crippen LogP contribution is -2.14. The molecule has 0 unspecified atom stereocenters. The summed E-state index contributed by atoms with van der Waals surface area (Å²) in [4.78, 5) is 23.5. The van der Waals surface area contributed by atoms with Gasteiger partial charge in [-0.15, -0.1) is 0 Å². The molecule has 0 spiro atoms. The molecule has 0 bridgehead atoms. The van der Waals surface area contributed by atoms with E-state index in [4.69, 9.17) is 5.73 Å². The monoisotopic (exact) mass is 232 g/mol. The fourth-order valence-electron chi connectivity index (χ4n) is 1.28. The molecule has 0 atom stereocenters. The van der Waals surface area contributed by atoms with Crippen molar-refractivity contribution in [3.63, 3.8) is 0 Å². The van der Waals surface area contributed by atoms with Gasteiger partial charge < -0.3 is 10.3 Å². The van der Waals surface area contributed by atoms with Gasteiger partial charge in [-0.05, 0) is 6.07 Å². The third-order valence-electron chi connectivity index (χ3n) is 2.04. The van der Waals surface area contributed by atoms with E-state index in [0.29, 0.717) is 18.8 Å². The first-order valence-corrected chi connectivity index (χ1v) is 5.10. The van der Waals surface area contributed by atoms with Crippen LogP contribution in [0.25, 0.3) is 0 Å². The maximum absolute atomic E-state index is 11.7. The molecule has 2 rings (SSSR count). The van der Waals surface area contributed by atoms with Gasteiger partial charge in [0.15, 0.2) is 0 Å². The number of nitrogens with zero attached hydrogens (tertiary/aromatic N) is 4. The number of rotatable bonds is 4. The summed E-state index contributed by atoms with van der Waals surface area (Å²) in [7, 11) is 0. The molecule has 0 saturated carbocycles. The van der Waals surface area contributed by atoms with Gasteiger partial charge in [-0.25, -0.2) is 15.0 Å². The lowest BCUT2D eigenvalue weighted by atomic mass is 10.4. The van der Waals surface area contributed by atoms with Crippen LogP contribution in [0.4, 0.5) is 5.95 Å². The Morgan fingerprint density at radius 1 is 1.35 bits per heavy atom. The zero-order valence-electron chi connectivity index (χ0n) is 9.08. The van der Waals surface area contributed by atoms with E-state index >= 15 is 0 Å². The minimum atomic E-state index is -0.341. The Bertz CT molecular complexity index is 495. The van der Waals surface area contributed by atoms with E-state index in [0.717, 1.165) is 0 Å². The number of imidazole rings is 1. The maximum Gasteiger partial charge on any atom is 0.278 e. The molecule has 0 aliphatic rings. The van der Waals surface area contributed by atoms with Crippen LogP contribution < -0.4 is 11.1 Å². The Morgan fingerprint density at radius 3 is 2.82 bits per heavy atom. The molecule has 3 N–H and O–H groups in total. The Balaban J connectivity index is 2.04. The summed E-state index contributed by atoms with van der Waals surface area (Å²) >= 11 is 0. The van der Waals surface area contributed by atoms with Crippen LogP contribution >= 0.6 is 0 Å². The number of hydrogen-bond donors (Lipinski definition) is 2. The molecule has 17 heavy (non-hydrogen) atoms. The number of carbonyl (C=O) groups is 1. The summed E-state index contributed by atoms with van der Waals surface area (Å²) in [5.41, 5.74) is 5.71. The van der Waals surface area contributed by atoms with Gasteiger partial charge in [0.1, 0.15) is 5.69 Å². The smallest absolute Gasteiger partial charge is 0.278 e. The Hall–Kier alpha value is -2.28. The van der Waals surface area contributed by atoms with Gasteiger partial charge in [0.25, 0.3) is 5.91 Å². The van der Waals surface area contributed by atoms with E-state index in [9.17, 15) is 4.79 Å². The highest BCUT2D eigenvalue weighted by molar-refractivity contribution is 6.01. The molecule has 0 aromatic carbocycles. The van der Waals surface area contributed by atoms with Crippen molar-refractivity contribution >= 4 is 11.9 Å². The minimum absolute atomic E-state index is 0.255. The van der Waals surface area contributed by atoms with Crippen LogP contribution in [0.2, 0.25) is 0 Å². The SMILES string of the molecule is NCCn1cnc(C(=O)Nc2ncccn2)c1. The molecule has 2 aromatic rings. The average molecular weight is 232 g/mol. The van der Waals surface area contributed by atoms with Crippen molar-refractivity contribution < 1.29 is 4.79 Å². The predicted molar refractivity (Wildman–Crippen MR) is 61.3 cm³/mol. The summed E-state index contributed by atoms with van der Waals surface area (Å²) in [5, 5.41) is 2.55. The van der Waals surface area contributed by atoms with Crippen molar-refractivity contribution in [2.24, 2.45) is 5.73 Å². The third kappa shape index (κ3) is 2.85. The predicted octanol–water partition coefficient (Wildman–Crippen LogP) is -0.116. The van der Waals surface area contributed by atoms with Crippen molar-refractivity contribution in [3.8, 4) is 0 Å². The van der Waals surface area contributed by atoms with Gasteiger partial charge in [0, 0.05) is 31.7 Å². The van der Waals surface area contributed by atoms with E-state index in [1.165, 1.54) is 0 Å². The fourth-order valence-corrected chi connectivity index (χ4v) is 1.28. The second kappa shape index (κ2) is 5.17. The topological polar surface area (TPSA) is 98.7 Å². The largest absolute Gasteiger partial charge is 0.335 e. The molecular formula is C10H12N6O. The summed E-state index contributed by atoms with van der Waals surface area (Å²) < 4.78 is 1.75. The number of hydrogen-bond acceptors (Lipinski definition) is 5. The molecule has 7 heteroatoms. The van der Waals surface area contributed by atoms with Crippen LogP contribution in [0.1, 0.15) is 10.5 Å². The lowest BCUT2D eigenvalue weighted by Gasteiger charge is -1.99. The van der Waals surface area contributed by atoms with Crippen molar-refractivity contribution in [1.29, 1.82) is 0 Å². The highest BCUT2D eigenvalue weighted by Crippen LogP contribution is 2.01. The van der Waals surface area contributed by atoms with Crippen LogP contribution in [0.15, 0.2) is 31.0 Å². The molecule has 7 nitrogen and oxygen atoms in total. The summed E-state index contributed by atoms with van der Waals surface area (Å²) in [5.74, 6) is -0.0853. The second-order valence-corrected chi connectivity index (χ2v) is 3.31. The molecule has 2 heterocycles. The highest BCUT2D eigenvalue weighted by atomic mass is 16.2. The number of carbonyl (C=O) groups excluding carboxylic acids is 1. The number of nitrogens with one attached hydrogen (secondary N) is 1. The molecule has 0 fully saturated rings. The molecular weight excluding hydrogens is 220 g/mol. The van der Waals surface area contributed by atoms with Gasteiger partial charge >= 0.3 is 0 Å². The number of amides is 1. The standard InChI is InChI=1S/C10H12N6O/c11-2-5-16-6-8(14-7-16)9(17)15-10-12-3-1-4-13-10/h1,3-4,6-7H,2,5,11H2,(H,12,13,15,17). The van der Waals surface area contributed by atoms with E-state index < -0.39 is 0 Å². The second-order valence-electron chi connectivity index (χ2n) is 3.31.